The maximum absolute atomic E-state index is 13.4. The van der Waals surface area contributed by atoms with Crippen molar-refractivity contribution in [3.05, 3.63) is 65.7 Å². The van der Waals surface area contributed by atoms with Crippen LogP contribution in [-0.4, -0.2) is 50.0 Å². The Morgan fingerprint density at radius 2 is 1.69 bits per heavy atom. The molecule has 7 nitrogen and oxygen atoms in total. The summed E-state index contributed by atoms with van der Waals surface area (Å²) in [6.45, 7) is 8.25. The standard InChI is InChI=1S/C27H39N3O4S/c1-6-22(4)28-27(32)25(7-2)29(20-23-14-9-8-10-15-23)26(31)17-12-18-30(35(5,33)34)24-16-11-13-21(3)19-24/h8-11,13-16,19,22,25H,6-7,12,17-18,20H2,1-5H3,(H,28,32)/t22-,25+/m0/s1. The van der Waals surface area contributed by atoms with Gasteiger partial charge in [-0.25, -0.2) is 8.42 Å². The molecule has 0 fully saturated rings. The Balaban J connectivity index is 2.19. The van der Waals surface area contributed by atoms with Gasteiger partial charge in [0, 0.05) is 25.6 Å². The van der Waals surface area contributed by atoms with Gasteiger partial charge in [0.05, 0.1) is 11.9 Å². The van der Waals surface area contributed by atoms with E-state index in [1.807, 2.05) is 76.2 Å². The number of carbonyl (C=O) groups is 2. The van der Waals surface area contributed by atoms with E-state index in [1.54, 1.807) is 11.0 Å². The van der Waals surface area contributed by atoms with Crippen LogP contribution in [0.4, 0.5) is 5.69 Å². The molecule has 1 N–H and O–H groups in total. The fraction of sp³-hybridized carbons (Fsp3) is 0.481. The molecule has 0 aliphatic carbocycles. The molecule has 2 aromatic carbocycles. The molecule has 192 valence electrons. The molecule has 35 heavy (non-hydrogen) atoms. The highest BCUT2D eigenvalue weighted by Crippen LogP contribution is 2.20. The SMILES string of the molecule is CC[C@H](C(=O)N[C@@H](C)CC)N(Cc1ccccc1)C(=O)CCCN(c1cccc(C)c1)S(C)(=O)=O. The normalized spacial score (nSPS) is 13.1. The van der Waals surface area contributed by atoms with Crippen LogP contribution in [0.15, 0.2) is 54.6 Å². The molecule has 0 spiro atoms. The van der Waals surface area contributed by atoms with Crippen molar-refractivity contribution < 1.29 is 18.0 Å². The van der Waals surface area contributed by atoms with Gasteiger partial charge in [-0.2, -0.15) is 0 Å². The van der Waals surface area contributed by atoms with Crippen molar-refractivity contribution in [3.8, 4) is 0 Å². The first-order valence-corrected chi connectivity index (χ1v) is 14.1. The van der Waals surface area contributed by atoms with Crippen LogP contribution in [-0.2, 0) is 26.2 Å². The Hall–Kier alpha value is -2.87. The quantitative estimate of drug-likeness (QED) is 0.444. The van der Waals surface area contributed by atoms with Crippen LogP contribution in [0, 0.1) is 6.92 Å². The number of benzene rings is 2. The lowest BCUT2D eigenvalue weighted by atomic mass is 10.1. The van der Waals surface area contributed by atoms with Gasteiger partial charge in [0.25, 0.3) is 0 Å². The summed E-state index contributed by atoms with van der Waals surface area (Å²) < 4.78 is 26.2. The zero-order valence-electron chi connectivity index (χ0n) is 21.5. The fourth-order valence-electron chi connectivity index (χ4n) is 3.93. The van der Waals surface area contributed by atoms with Crippen LogP contribution in [0.2, 0.25) is 0 Å². The Morgan fingerprint density at radius 1 is 1.00 bits per heavy atom. The summed E-state index contributed by atoms with van der Waals surface area (Å²) >= 11 is 0. The van der Waals surface area contributed by atoms with E-state index in [0.717, 1.165) is 17.5 Å². The largest absolute Gasteiger partial charge is 0.352 e. The Bertz CT molecular complexity index is 1070. The Morgan fingerprint density at radius 3 is 2.26 bits per heavy atom. The molecule has 2 amide bonds. The highest BCUT2D eigenvalue weighted by atomic mass is 32.2. The first kappa shape index (κ1) is 28.4. The second-order valence-corrected chi connectivity index (χ2v) is 10.9. The van der Waals surface area contributed by atoms with Crippen LogP contribution in [0.5, 0.6) is 0 Å². The van der Waals surface area contributed by atoms with Gasteiger partial charge in [-0.1, -0.05) is 56.3 Å². The topological polar surface area (TPSA) is 86.8 Å². The second-order valence-electron chi connectivity index (χ2n) is 9.03. The molecule has 0 aromatic heterocycles. The predicted octanol–water partition coefficient (Wildman–Crippen LogP) is 4.26. The zero-order valence-corrected chi connectivity index (χ0v) is 22.3. The molecule has 2 aromatic rings. The first-order valence-electron chi connectivity index (χ1n) is 12.2. The average molecular weight is 502 g/mol. The molecule has 0 aliphatic heterocycles. The molecule has 0 saturated carbocycles. The number of amides is 2. The number of sulfonamides is 1. The monoisotopic (exact) mass is 501 g/mol. The van der Waals surface area contributed by atoms with Gasteiger partial charge in [-0.3, -0.25) is 13.9 Å². The average Bonchev–Trinajstić information content (AvgIpc) is 2.81. The smallest absolute Gasteiger partial charge is 0.243 e. The lowest BCUT2D eigenvalue weighted by molar-refractivity contribution is -0.141. The van der Waals surface area contributed by atoms with Crippen LogP contribution in [0.1, 0.15) is 57.6 Å². The van der Waals surface area contributed by atoms with Crippen molar-refractivity contribution in [2.75, 3.05) is 17.1 Å². The third kappa shape index (κ3) is 8.69. The number of carbonyl (C=O) groups excluding carboxylic acids is 2. The lowest BCUT2D eigenvalue weighted by Gasteiger charge is -2.32. The van der Waals surface area contributed by atoms with Crippen molar-refractivity contribution in [3.63, 3.8) is 0 Å². The third-order valence-electron chi connectivity index (χ3n) is 6.02. The molecule has 0 heterocycles. The van der Waals surface area contributed by atoms with Crippen molar-refractivity contribution in [2.24, 2.45) is 0 Å². The number of hydrogen-bond donors (Lipinski definition) is 1. The molecule has 2 atom stereocenters. The summed E-state index contributed by atoms with van der Waals surface area (Å²) in [5.74, 6) is -0.332. The minimum absolute atomic E-state index is 0.0166. The van der Waals surface area contributed by atoms with Crippen molar-refractivity contribution >= 4 is 27.5 Å². The minimum Gasteiger partial charge on any atom is -0.352 e. The van der Waals surface area contributed by atoms with E-state index in [-0.39, 0.29) is 30.8 Å². The summed E-state index contributed by atoms with van der Waals surface area (Å²) in [7, 11) is -3.51. The molecule has 0 bridgehead atoms. The van der Waals surface area contributed by atoms with E-state index < -0.39 is 16.1 Å². The molecule has 0 aliphatic rings. The van der Waals surface area contributed by atoms with E-state index in [0.29, 0.717) is 25.1 Å². The van der Waals surface area contributed by atoms with Gasteiger partial charge in [0.1, 0.15) is 6.04 Å². The third-order valence-corrected chi connectivity index (χ3v) is 7.22. The van der Waals surface area contributed by atoms with E-state index in [9.17, 15) is 18.0 Å². The Labute approximate surface area is 210 Å². The highest BCUT2D eigenvalue weighted by molar-refractivity contribution is 7.92. The molecule has 0 radical (unpaired) electrons. The maximum Gasteiger partial charge on any atom is 0.243 e. The molecule has 8 heteroatoms. The number of hydrogen-bond acceptors (Lipinski definition) is 4. The van der Waals surface area contributed by atoms with E-state index in [4.69, 9.17) is 0 Å². The number of rotatable bonds is 13. The summed E-state index contributed by atoms with van der Waals surface area (Å²) in [6, 6.07) is 16.3. The van der Waals surface area contributed by atoms with Gasteiger partial charge in [-0.15, -0.1) is 0 Å². The Kier molecular flexibility index (Phi) is 10.8. The maximum atomic E-state index is 13.4. The fourth-order valence-corrected chi connectivity index (χ4v) is 4.88. The molecule has 0 saturated heterocycles. The molecule has 0 unspecified atom stereocenters. The second kappa shape index (κ2) is 13.3. The van der Waals surface area contributed by atoms with Gasteiger partial charge < -0.3 is 10.2 Å². The predicted molar refractivity (Wildman–Crippen MR) is 142 cm³/mol. The number of nitrogens with one attached hydrogen (secondary N) is 1. The van der Waals surface area contributed by atoms with Crippen molar-refractivity contribution in [1.82, 2.24) is 10.2 Å². The van der Waals surface area contributed by atoms with E-state index in [2.05, 4.69) is 5.32 Å². The zero-order chi connectivity index (χ0) is 26.0. The molecular formula is C27H39N3O4S. The van der Waals surface area contributed by atoms with Gasteiger partial charge >= 0.3 is 0 Å². The molecular weight excluding hydrogens is 462 g/mol. The van der Waals surface area contributed by atoms with Crippen molar-refractivity contribution in [1.29, 1.82) is 0 Å². The molecule has 2 rings (SSSR count). The van der Waals surface area contributed by atoms with Gasteiger partial charge in [0.15, 0.2) is 0 Å². The van der Waals surface area contributed by atoms with Crippen molar-refractivity contribution in [2.45, 2.75) is 72.0 Å². The highest BCUT2D eigenvalue weighted by Gasteiger charge is 2.29. The van der Waals surface area contributed by atoms with Crippen LogP contribution in [0.3, 0.4) is 0 Å². The minimum atomic E-state index is -3.51. The summed E-state index contributed by atoms with van der Waals surface area (Å²) in [6.07, 6.45) is 2.94. The summed E-state index contributed by atoms with van der Waals surface area (Å²) in [5.41, 5.74) is 2.48. The van der Waals surface area contributed by atoms with Gasteiger partial charge in [-0.05, 0) is 56.4 Å². The van der Waals surface area contributed by atoms with E-state index >= 15 is 0 Å². The van der Waals surface area contributed by atoms with Gasteiger partial charge in [0.2, 0.25) is 21.8 Å². The van der Waals surface area contributed by atoms with Crippen LogP contribution < -0.4 is 9.62 Å². The number of anilines is 1. The number of aryl methyl sites for hydroxylation is 1. The summed E-state index contributed by atoms with van der Waals surface area (Å²) in [5, 5.41) is 3.00. The first-order chi connectivity index (χ1) is 16.6. The van der Waals surface area contributed by atoms with Crippen LogP contribution >= 0.6 is 0 Å². The van der Waals surface area contributed by atoms with E-state index in [1.165, 1.54) is 10.6 Å². The summed E-state index contributed by atoms with van der Waals surface area (Å²) in [4.78, 5) is 28.1. The van der Waals surface area contributed by atoms with Crippen LogP contribution in [0.25, 0.3) is 0 Å². The number of nitrogens with zero attached hydrogens (tertiary/aromatic N) is 2. The lowest BCUT2D eigenvalue weighted by Crippen LogP contribution is -2.50.